The first-order valence-electron chi connectivity index (χ1n) is 6.26. The minimum atomic E-state index is -3.49. The zero-order chi connectivity index (χ0) is 14.6. The Morgan fingerprint density at radius 2 is 1.95 bits per heavy atom. The molecule has 0 aliphatic heterocycles. The summed E-state index contributed by atoms with van der Waals surface area (Å²) in [6.07, 6.45) is 0.484. The number of benzene rings is 1. The number of rotatable bonds is 6. The summed E-state index contributed by atoms with van der Waals surface area (Å²) in [5, 5.41) is 8.86. The van der Waals surface area contributed by atoms with E-state index < -0.39 is 10.0 Å². The second kappa shape index (κ2) is 6.49. The monoisotopic (exact) mass is 311 g/mol. The number of nitrogens with one attached hydrogen (secondary N) is 1. The second-order valence-corrected chi connectivity index (χ2v) is 7.61. The Morgan fingerprint density at radius 1 is 1.20 bits per heavy atom. The maximum Gasteiger partial charge on any atom is 0.250 e. The molecular weight excluding hydrogens is 294 g/mol. The van der Waals surface area contributed by atoms with Crippen LogP contribution < -0.4 is 4.72 Å². The van der Waals surface area contributed by atoms with E-state index in [0.29, 0.717) is 6.42 Å². The summed E-state index contributed by atoms with van der Waals surface area (Å²) in [6.45, 7) is 2.26. The number of aliphatic hydroxyl groups is 1. The number of hydrogen-bond donors (Lipinski definition) is 2. The molecule has 0 unspecified atom stereocenters. The summed E-state index contributed by atoms with van der Waals surface area (Å²) in [6, 6.07) is 11.0. The Morgan fingerprint density at radius 3 is 2.65 bits per heavy atom. The van der Waals surface area contributed by atoms with E-state index in [9.17, 15) is 8.42 Å². The number of aliphatic hydroxyl groups excluding tert-OH is 1. The molecule has 1 aromatic heterocycles. The van der Waals surface area contributed by atoms with Crippen molar-refractivity contribution in [3.63, 3.8) is 0 Å². The van der Waals surface area contributed by atoms with Gasteiger partial charge in [0, 0.05) is 24.4 Å². The third-order valence-corrected chi connectivity index (χ3v) is 6.01. The highest BCUT2D eigenvalue weighted by Crippen LogP contribution is 2.22. The molecule has 1 aromatic carbocycles. The Balaban J connectivity index is 2.09. The molecule has 2 rings (SSSR count). The summed E-state index contributed by atoms with van der Waals surface area (Å²) < 4.78 is 27.2. The van der Waals surface area contributed by atoms with Crippen LogP contribution in [0.4, 0.5) is 0 Å². The Hall–Kier alpha value is -1.21. The van der Waals surface area contributed by atoms with Gasteiger partial charge >= 0.3 is 0 Å². The molecular formula is C14H17NO3S2. The van der Waals surface area contributed by atoms with Crippen molar-refractivity contribution < 1.29 is 13.5 Å². The highest BCUT2D eigenvalue weighted by molar-refractivity contribution is 7.91. The zero-order valence-electron chi connectivity index (χ0n) is 11.2. The smallest absolute Gasteiger partial charge is 0.250 e. The minimum Gasteiger partial charge on any atom is -0.396 e. The first kappa shape index (κ1) is 15.2. The summed E-state index contributed by atoms with van der Waals surface area (Å²) in [5.41, 5.74) is 2.02. The molecule has 0 spiro atoms. The number of hydrogen-bond acceptors (Lipinski definition) is 4. The van der Waals surface area contributed by atoms with Gasteiger partial charge in [-0.2, -0.15) is 0 Å². The first-order valence-corrected chi connectivity index (χ1v) is 8.56. The van der Waals surface area contributed by atoms with Crippen LogP contribution in [0.1, 0.15) is 16.0 Å². The first-order chi connectivity index (χ1) is 9.53. The van der Waals surface area contributed by atoms with Crippen LogP contribution in [0.2, 0.25) is 0 Å². The molecule has 0 atom stereocenters. The summed E-state index contributed by atoms with van der Waals surface area (Å²) in [7, 11) is -3.49. The third-order valence-electron chi connectivity index (χ3n) is 2.97. The minimum absolute atomic E-state index is 0.0244. The lowest BCUT2D eigenvalue weighted by Crippen LogP contribution is -2.22. The molecule has 0 radical (unpaired) electrons. The molecule has 4 nitrogen and oxygen atoms in total. The van der Waals surface area contributed by atoms with E-state index in [2.05, 4.69) is 4.72 Å². The molecule has 0 amide bonds. The van der Waals surface area contributed by atoms with Gasteiger partial charge in [0.1, 0.15) is 4.21 Å². The highest BCUT2D eigenvalue weighted by Gasteiger charge is 2.16. The quantitative estimate of drug-likeness (QED) is 0.858. The van der Waals surface area contributed by atoms with Gasteiger partial charge in [0.15, 0.2) is 0 Å². The highest BCUT2D eigenvalue weighted by atomic mass is 32.2. The average Bonchev–Trinajstić information content (AvgIpc) is 2.88. The van der Waals surface area contributed by atoms with E-state index in [-0.39, 0.29) is 17.4 Å². The molecule has 2 N–H and O–H groups in total. The normalized spacial score (nSPS) is 11.7. The lowest BCUT2D eigenvalue weighted by Gasteiger charge is -2.07. The fourth-order valence-corrected chi connectivity index (χ4v) is 4.20. The fourth-order valence-electron chi connectivity index (χ4n) is 1.80. The van der Waals surface area contributed by atoms with Crippen molar-refractivity contribution in [2.75, 3.05) is 6.61 Å². The van der Waals surface area contributed by atoms with Gasteiger partial charge in [-0.25, -0.2) is 13.1 Å². The van der Waals surface area contributed by atoms with Gasteiger partial charge in [0.05, 0.1) is 0 Å². The Bertz CT molecular complexity index is 677. The van der Waals surface area contributed by atoms with E-state index in [1.165, 1.54) is 11.3 Å². The van der Waals surface area contributed by atoms with E-state index in [1.54, 1.807) is 12.1 Å². The second-order valence-electron chi connectivity index (χ2n) is 4.45. The van der Waals surface area contributed by atoms with Gasteiger partial charge in [-0.1, -0.05) is 24.3 Å². The standard InChI is InChI=1S/C14H17NO3S2/c1-11-4-2-3-5-12(11)10-15-20(17,18)14-7-6-13(19-14)8-9-16/h2-7,15-16H,8-10H2,1H3. The van der Waals surface area contributed by atoms with Crippen LogP contribution in [-0.4, -0.2) is 20.1 Å². The van der Waals surface area contributed by atoms with Gasteiger partial charge in [0.25, 0.3) is 0 Å². The SMILES string of the molecule is Cc1ccccc1CNS(=O)(=O)c1ccc(CCO)s1. The fraction of sp³-hybridized carbons (Fsp3) is 0.286. The third kappa shape index (κ3) is 3.67. The van der Waals surface area contributed by atoms with Crippen molar-refractivity contribution in [1.29, 1.82) is 0 Å². The summed E-state index contributed by atoms with van der Waals surface area (Å²) in [4.78, 5) is 0.865. The maximum atomic E-state index is 12.2. The van der Waals surface area contributed by atoms with Gasteiger partial charge in [-0.05, 0) is 30.2 Å². The molecule has 108 valence electrons. The van der Waals surface area contributed by atoms with Crippen molar-refractivity contribution in [3.8, 4) is 0 Å². The average molecular weight is 311 g/mol. The van der Waals surface area contributed by atoms with E-state index in [4.69, 9.17) is 5.11 Å². The van der Waals surface area contributed by atoms with Gasteiger partial charge in [-0.3, -0.25) is 0 Å². The predicted octanol–water partition coefficient (Wildman–Crippen LogP) is 2.07. The van der Waals surface area contributed by atoms with Gasteiger partial charge < -0.3 is 5.11 Å². The molecule has 0 aliphatic carbocycles. The molecule has 0 bridgehead atoms. The lowest BCUT2D eigenvalue weighted by atomic mass is 10.1. The van der Waals surface area contributed by atoms with E-state index in [1.807, 2.05) is 31.2 Å². The van der Waals surface area contributed by atoms with Crippen molar-refractivity contribution in [1.82, 2.24) is 4.72 Å². The van der Waals surface area contributed by atoms with Crippen LogP contribution in [0.15, 0.2) is 40.6 Å². The Kier molecular flexibility index (Phi) is 4.93. The van der Waals surface area contributed by atoms with E-state index >= 15 is 0 Å². The molecule has 1 heterocycles. The van der Waals surface area contributed by atoms with Crippen LogP contribution in [-0.2, 0) is 23.0 Å². The predicted molar refractivity (Wildman–Crippen MR) is 80.3 cm³/mol. The van der Waals surface area contributed by atoms with E-state index in [0.717, 1.165) is 16.0 Å². The number of thiophene rings is 1. The zero-order valence-corrected chi connectivity index (χ0v) is 12.8. The maximum absolute atomic E-state index is 12.2. The van der Waals surface area contributed by atoms with Crippen LogP contribution in [0.5, 0.6) is 0 Å². The van der Waals surface area contributed by atoms with Crippen LogP contribution in [0.25, 0.3) is 0 Å². The molecule has 0 aliphatic rings. The Labute approximate surface area is 123 Å². The van der Waals surface area contributed by atoms with Gasteiger partial charge in [-0.15, -0.1) is 11.3 Å². The van der Waals surface area contributed by atoms with Crippen LogP contribution in [0, 0.1) is 6.92 Å². The molecule has 0 saturated carbocycles. The topological polar surface area (TPSA) is 66.4 Å². The lowest BCUT2D eigenvalue weighted by molar-refractivity contribution is 0.300. The summed E-state index contributed by atoms with van der Waals surface area (Å²) in [5.74, 6) is 0. The van der Waals surface area contributed by atoms with Crippen molar-refractivity contribution in [2.24, 2.45) is 0 Å². The number of sulfonamides is 1. The number of aryl methyl sites for hydroxylation is 1. The molecule has 0 saturated heterocycles. The van der Waals surface area contributed by atoms with Crippen molar-refractivity contribution >= 4 is 21.4 Å². The van der Waals surface area contributed by atoms with Crippen molar-refractivity contribution in [3.05, 3.63) is 52.4 Å². The largest absolute Gasteiger partial charge is 0.396 e. The molecule has 0 fully saturated rings. The molecule has 20 heavy (non-hydrogen) atoms. The van der Waals surface area contributed by atoms with Gasteiger partial charge in [0.2, 0.25) is 10.0 Å². The van der Waals surface area contributed by atoms with Crippen molar-refractivity contribution in [2.45, 2.75) is 24.1 Å². The summed E-state index contributed by atoms with van der Waals surface area (Å²) >= 11 is 1.19. The van der Waals surface area contributed by atoms with Crippen LogP contribution >= 0.6 is 11.3 Å². The molecule has 2 aromatic rings. The molecule has 6 heteroatoms. The van der Waals surface area contributed by atoms with Crippen LogP contribution in [0.3, 0.4) is 0 Å².